The van der Waals surface area contributed by atoms with Crippen LogP contribution in [0.5, 0.6) is 0 Å². The van der Waals surface area contributed by atoms with Gasteiger partial charge in [0.1, 0.15) is 0 Å². The fraction of sp³-hybridized carbons (Fsp3) is 0.929. The van der Waals surface area contributed by atoms with Gasteiger partial charge in [-0.15, -0.1) is 0 Å². The lowest BCUT2D eigenvalue weighted by molar-refractivity contribution is 0.134. The number of carbonyl (C=O) groups is 1. The van der Waals surface area contributed by atoms with Crippen LogP contribution in [0.25, 0.3) is 0 Å². The van der Waals surface area contributed by atoms with Crippen LogP contribution in [0, 0.1) is 5.92 Å². The number of nitrogens with zero attached hydrogens (tertiary/aromatic N) is 2. The molecule has 0 aromatic heterocycles. The molecule has 0 spiro atoms. The summed E-state index contributed by atoms with van der Waals surface area (Å²) >= 11 is 0. The third kappa shape index (κ3) is 3.16. The first kappa shape index (κ1) is 12.3. The van der Waals surface area contributed by atoms with E-state index in [9.17, 15) is 4.79 Å². The second-order valence-corrected chi connectivity index (χ2v) is 6.16. The van der Waals surface area contributed by atoms with Gasteiger partial charge in [0.15, 0.2) is 0 Å². The minimum atomic E-state index is 0.174. The van der Waals surface area contributed by atoms with E-state index >= 15 is 0 Å². The van der Waals surface area contributed by atoms with E-state index in [-0.39, 0.29) is 6.03 Å². The quantitative estimate of drug-likeness (QED) is 0.828. The van der Waals surface area contributed by atoms with E-state index in [4.69, 9.17) is 0 Å². The van der Waals surface area contributed by atoms with Gasteiger partial charge in [0.25, 0.3) is 0 Å². The first-order chi connectivity index (χ1) is 8.81. The molecule has 1 saturated heterocycles. The lowest BCUT2D eigenvalue weighted by Crippen LogP contribution is -2.53. The van der Waals surface area contributed by atoms with Crippen molar-refractivity contribution in [1.29, 1.82) is 0 Å². The standard InChI is InChI=1S/C14H25N3O/c18-14(15-13-3-1-2-4-13)17-9-7-16(8-10-17)11-12-5-6-12/h12-13H,1-11H2,(H,15,18). The Labute approximate surface area is 110 Å². The van der Waals surface area contributed by atoms with E-state index < -0.39 is 0 Å². The number of hydrogen-bond donors (Lipinski definition) is 1. The van der Waals surface area contributed by atoms with Crippen molar-refractivity contribution in [1.82, 2.24) is 15.1 Å². The number of piperazine rings is 1. The molecular formula is C14H25N3O. The molecule has 1 N–H and O–H groups in total. The van der Waals surface area contributed by atoms with Gasteiger partial charge < -0.3 is 10.2 Å². The Morgan fingerprint density at radius 1 is 1.00 bits per heavy atom. The number of rotatable bonds is 3. The molecule has 18 heavy (non-hydrogen) atoms. The fourth-order valence-electron chi connectivity index (χ4n) is 3.14. The van der Waals surface area contributed by atoms with Crippen LogP contribution >= 0.6 is 0 Å². The van der Waals surface area contributed by atoms with Crippen LogP contribution < -0.4 is 5.32 Å². The van der Waals surface area contributed by atoms with E-state index in [2.05, 4.69) is 10.2 Å². The van der Waals surface area contributed by atoms with Crippen LogP contribution in [0.2, 0.25) is 0 Å². The highest BCUT2D eigenvalue weighted by Crippen LogP contribution is 2.29. The second-order valence-electron chi connectivity index (χ2n) is 6.16. The van der Waals surface area contributed by atoms with Crippen molar-refractivity contribution in [3.05, 3.63) is 0 Å². The molecule has 0 unspecified atom stereocenters. The van der Waals surface area contributed by atoms with Crippen LogP contribution in [-0.2, 0) is 0 Å². The van der Waals surface area contributed by atoms with Gasteiger partial charge >= 0.3 is 6.03 Å². The van der Waals surface area contributed by atoms with E-state index in [1.54, 1.807) is 0 Å². The lowest BCUT2D eigenvalue weighted by atomic mass is 10.2. The highest BCUT2D eigenvalue weighted by Gasteiger charge is 2.28. The van der Waals surface area contributed by atoms with Gasteiger partial charge in [0, 0.05) is 38.8 Å². The maximum atomic E-state index is 12.1. The largest absolute Gasteiger partial charge is 0.335 e. The van der Waals surface area contributed by atoms with Crippen molar-refractivity contribution < 1.29 is 4.79 Å². The van der Waals surface area contributed by atoms with Crippen molar-refractivity contribution in [3.63, 3.8) is 0 Å². The Morgan fingerprint density at radius 2 is 1.67 bits per heavy atom. The highest BCUT2D eigenvalue weighted by atomic mass is 16.2. The van der Waals surface area contributed by atoms with Gasteiger partial charge in [-0.1, -0.05) is 12.8 Å². The maximum Gasteiger partial charge on any atom is 0.317 e. The smallest absolute Gasteiger partial charge is 0.317 e. The zero-order valence-electron chi connectivity index (χ0n) is 11.2. The Hall–Kier alpha value is -0.770. The molecule has 0 atom stereocenters. The topological polar surface area (TPSA) is 35.6 Å². The van der Waals surface area contributed by atoms with Gasteiger partial charge in [-0.2, -0.15) is 0 Å². The average Bonchev–Trinajstić information content (AvgIpc) is 3.04. The number of nitrogens with one attached hydrogen (secondary N) is 1. The van der Waals surface area contributed by atoms with Crippen molar-refractivity contribution in [2.75, 3.05) is 32.7 Å². The molecule has 1 heterocycles. The monoisotopic (exact) mass is 251 g/mol. The summed E-state index contributed by atoms with van der Waals surface area (Å²) < 4.78 is 0. The second kappa shape index (κ2) is 5.47. The Morgan fingerprint density at radius 3 is 2.28 bits per heavy atom. The minimum absolute atomic E-state index is 0.174. The van der Waals surface area contributed by atoms with E-state index in [0.29, 0.717) is 6.04 Å². The van der Waals surface area contributed by atoms with Gasteiger partial charge in [-0.05, 0) is 31.6 Å². The molecule has 3 fully saturated rings. The summed E-state index contributed by atoms with van der Waals surface area (Å²) in [5, 5.41) is 3.18. The molecular weight excluding hydrogens is 226 g/mol. The highest BCUT2D eigenvalue weighted by molar-refractivity contribution is 5.74. The maximum absolute atomic E-state index is 12.1. The molecule has 0 radical (unpaired) electrons. The number of amides is 2. The van der Waals surface area contributed by atoms with Crippen LogP contribution in [0.1, 0.15) is 38.5 Å². The molecule has 0 bridgehead atoms. The first-order valence-corrected chi connectivity index (χ1v) is 7.59. The van der Waals surface area contributed by atoms with Crippen molar-refractivity contribution in [3.8, 4) is 0 Å². The molecule has 102 valence electrons. The van der Waals surface area contributed by atoms with Crippen LogP contribution in [0.4, 0.5) is 4.79 Å². The van der Waals surface area contributed by atoms with Crippen LogP contribution in [0.3, 0.4) is 0 Å². The molecule has 2 aliphatic carbocycles. The summed E-state index contributed by atoms with van der Waals surface area (Å²) in [6.45, 7) is 5.21. The summed E-state index contributed by atoms with van der Waals surface area (Å²) in [6.07, 6.45) is 7.74. The van der Waals surface area contributed by atoms with Gasteiger partial charge in [-0.25, -0.2) is 4.79 Å². The SMILES string of the molecule is O=C(NC1CCCC1)N1CCN(CC2CC2)CC1. The minimum Gasteiger partial charge on any atom is -0.335 e. The average molecular weight is 251 g/mol. The fourth-order valence-corrected chi connectivity index (χ4v) is 3.14. The summed E-state index contributed by atoms with van der Waals surface area (Å²) in [5.41, 5.74) is 0. The zero-order chi connectivity index (χ0) is 12.4. The summed E-state index contributed by atoms with van der Waals surface area (Å²) in [7, 11) is 0. The molecule has 4 heteroatoms. The van der Waals surface area contributed by atoms with E-state index in [0.717, 1.165) is 32.1 Å². The van der Waals surface area contributed by atoms with Crippen molar-refractivity contribution >= 4 is 6.03 Å². The summed E-state index contributed by atoms with van der Waals surface area (Å²) in [4.78, 5) is 16.6. The van der Waals surface area contributed by atoms with E-state index in [1.807, 2.05) is 4.90 Å². The first-order valence-electron chi connectivity index (χ1n) is 7.59. The number of hydrogen-bond acceptors (Lipinski definition) is 2. The van der Waals surface area contributed by atoms with Crippen molar-refractivity contribution in [2.24, 2.45) is 5.92 Å². The van der Waals surface area contributed by atoms with Crippen molar-refractivity contribution in [2.45, 2.75) is 44.6 Å². The number of carbonyl (C=O) groups excluding carboxylic acids is 1. The predicted molar refractivity (Wildman–Crippen MR) is 71.5 cm³/mol. The van der Waals surface area contributed by atoms with Crippen LogP contribution in [0.15, 0.2) is 0 Å². The van der Waals surface area contributed by atoms with Crippen LogP contribution in [-0.4, -0.2) is 54.6 Å². The third-order valence-corrected chi connectivity index (χ3v) is 4.56. The molecule has 1 aliphatic heterocycles. The molecule has 2 amide bonds. The Bertz CT molecular complexity index is 289. The lowest BCUT2D eigenvalue weighted by Gasteiger charge is -2.35. The number of urea groups is 1. The summed E-state index contributed by atoms with van der Waals surface area (Å²) in [6, 6.07) is 0.620. The Kier molecular flexibility index (Phi) is 3.73. The normalized spacial score (nSPS) is 26.6. The summed E-state index contributed by atoms with van der Waals surface area (Å²) in [5.74, 6) is 0.962. The predicted octanol–water partition coefficient (Wildman–Crippen LogP) is 1.67. The van der Waals surface area contributed by atoms with Gasteiger partial charge in [-0.3, -0.25) is 4.90 Å². The van der Waals surface area contributed by atoms with E-state index in [1.165, 1.54) is 45.1 Å². The molecule has 3 aliphatic rings. The molecule has 3 rings (SSSR count). The molecule has 0 aromatic rings. The van der Waals surface area contributed by atoms with Gasteiger partial charge in [0.05, 0.1) is 0 Å². The third-order valence-electron chi connectivity index (χ3n) is 4.56. The Balaban J connectivity index is 1.39. The molecule has 0 aromatic carbocycles. The van der Waals surface area contributed by atoms with Gasteiger partial charge in [0.2, 0.25) is 0 Å². The molecule has 2 saturated carbocycles. The zero-order valence-corrected chi connectivity index (χ0v) is 11.2. The molecule has 4 nitrogen and oxygen atoms in total.